The number of H-pyrrole nitrogens is 1. The molecule has 5 nitrogen and oxygen atoms in total. The third-order valence-electron chi connectivity index (χ3n) is 10.4. The molecule has 2 saturated heterocycles. The molecule has 2 radical (unpaired) electrons. The van der Waals surface area contributed by atoms with Gasteiger partial charge in [0.1, 0.15) is 0 Å². The van der Waals surface area contributed by atoms with Gasteiger partial charge in [-0.15, -0.1) is 0 Å². The van der Waals surface area contributed by atoms with Gasteiger partial charge in [-0.05, 0) is 114 Å². The lowest BCUT2D eigenvalue weighted by Crippen LogP contribution is -2.64. The summed E-state index contributed by atoms with van der Waals surface area (Å²) in [6, 6.07) is 10.9. The van der Waals surface area contributed by atoms with Gasteiger partial charge in [0, 0.05) is 46.5 Å². The Hall–Kier alpha value is -2.73. The van der Waals surface area contributed by atoms with Crippen LogP contribution in [-0.2, 0) is 0 Å². The lowest BCUT2D eigenvalue weighted by molar-refractivity contribution is -0.0545. The van der Waals surface area contributed by atoms with E-state index in [2.05, 4.69) is 75.9 Å². The number of aromatic nitrogens is 2. The van der Waals surface area contributed by atoms with Gasteiger partial charge >= 0.3 is 0 Å². The van der Waals surface area contributed by atoms with E-state index in [1.807, 2.05) is 6.20 Å². The summed E-state index contributed by atoms with van der Waals surface area (Å²) < 4.78 is 0. The average molecular weight is 549 g/mol. The highest BCUT2D eigenvalue weighted by Gasteiger charge is 2.63. The summed E-state index contributed by atoms with van der Waals surface area (Å²) in [6.07, 6.45) is 23.5. The average Bonchev–Trinajstić information content (AvgIpc) is 3.55. The molecule has 4 aliphatic rings. The van der Waals surface area contributed by atoms with Crippen molar-refractivity contribution in [1.29, 1.82) is 0 Å². The third kappa shape index (κ3) is 4.80. The Kier molecular flexibility index (Phi) is 7.39. The van der Waals surface area contributed by atoms with Crippen LogP contribution in [0.25, 0.3) is 27.4 Å². The van der Waals surface area contributed by atoms with Crippen LogP contribution < -0.4 is 5.32 Å². The van der Waals surface area contributed by atoms with Crippen molar-refractivity contribution in [2.45, 2.75) is 81.9 Å². The maximum atomic E-state index is 12.8. The molecule has 0 amide bonds. The van der Waals surface area contributed by atoms with Crippen molar-refractivity contribution in [3.05, 3.63) is 79.5 Å². The van der Waals surface area contributed by atoms with Crippen LogP contribution in [0, 0.1) is 18.3 Å². The maximum absolute atomic E-state index is 12.8. The number of rotatable bonds is 5. The lowest BCUT2D eigenvalue weighted by atomic mass is 9.55. The number of aromatic amines is 1. The predicted octanol–water partition coefficient (Wildman–Crippen LogP) is 6.84. The highest BCUT2D eigenvalue weighted by molar-refractivity contribution is 6.09. The van der Waals surface area contributed by atoms with Crippen LogP contribution in [0.15, 0.2) is 66.9 Å². The summed E-state index contributed by atoms with van der Waals surface area (Å²) in [5, 5.41) is 19.2. The fourth-order valence-corrected chi connectivity index (χ4v) is 8.63. The molecule has 5 heterocycles. The Bertz CT molecular complexity index is 1490. The summed E-state index contributed by atoms with van der Waals surface area (Å²) >= 11 is 0. The van der Waals surface area contributed by atoms with Crippen LogP contribution in [0.4, 0.5) is 0 Å². The van der Waals surface area contributed by atoms with E-state index in [4.69, 9.17) is 11.9 Å². The van der Waals surface area contributed by atoms with Crippen LogP contribution in [0.1, 0.15) is 69.9 Å². The van der Waals surface area contributed by atoms with Crippen LogP contribution in [-0.4, -0.2) is 57.3 Å². The number of hydrogen-bond acceptors (Lipinski definition) is 4. The molecule has 1 aliphatic carbocycles. The summed E-state index contributed by atoms with van der Waals surface area (Å²) in [7, 11) is 0. The van der Waals surface area contributed by atoms with Crippen molar-refractivity contribution < 1.29 is 5.11 Å². The minimum atomic E-state index is -0.955. The molecule has 3 bridgehead atoms. The second kappa shape index (κ2) is 11.2. The number of piperidine rings is 1. The number of unbranched alkanes of at least 4 members (excludes halogenated alkanes) is 2. The molecule has 5 heteroatoms. The number of aliphatic hydroxyl groups is 1. The molecule has 41 heavy (non-hydrogen) atoms. The Morgan fingerprint density at radius 1 is 1.10 bits per heavy atom. The molecular formula is C36H44N4O. The molecule has 214 valence electrons. The van der Waals surface area contributed by atoms with Crippen LogP contribution >= 0.6 is 0 Å². The van der Waals surface area contributed by atoms with Gasteiger partial charge in [-0.25, -0.2) is 0 Å². The number of pyridine rings is 1. The van der Waals surface area contributed by atoms with E-state index in [0.717, 1.165) is 81.3 Å². The van der Waals surface area contributed by atoms with E-state index in [-0.39, 0.29) is 17.5 Å². The van der Waals surface area contributed by atoms with E-state index in [1.165, 1.54) is 29.2 Å². The molecule has 3 aliphatic heterocycles. The zero-order valence-electron chi connectivity index (χ0n) is 24.2. The van der Waals surface area contributed by atoms with Gasteiger partial charge in [0.15, 0.2) is 0 Å². The fraction of sp³-hybridized carbons (Fsp3) is 0.500. The van der Waals surface area contributed by atoms with Crippen molar-refractivity contribution in [2.75, 3.05) is 19.6 Å². The second-order valence-electron chi connectivity index (χ2n) is 13.0. The number of fused-ring (bicyclic) bond motifs is 4. The number of nitrogens with one attached hydrogen (secondary N) is 2. The van der Waals surface area contributed by atoms with Crippen LogP contribution in [0.5, 0.6) is 0 Å². The minimum absolute atomic E-state index is 0.00628. The second-order valence-corrected chi connectivity index (χ2v) is 13.0. The van der Waals surface area contributed by atoms with Gasteiger partial charge in [-0.3, -0.25) is 4.98 Å². The minimum Gasteiger partial charge on any atom is -0.384 e. The first-order chi connectivity index (χ1) is 20.1. The highest BCUT2D eigenvalue weighted by Crippen LogP contribution is 2.58. The fourth-order valence-electron chi connectivity index (χ4n) is 8.63. The van der Waals surface area contributed by atoms with Crippen molar-refractivity contribution in [3.63, 3.8) is 0 Å². The molecule has 1 aromatic carbocycles. The number of para-hydroxylation sites is 1. The normalized spacial score (nSPS) is 34.7. The van der Waals surface area contributed by atoms with E-state index in [1.54, 1.807) is 0 Å². The SMILES string of the molecule is [CH]CCC/C=C\C1C[C@]23CN4CCCC/C=C\CC[C@](O)(C=C(c5nccc6c5[nH]c5ccccc56)[C@@H]2CC4)[C@@H]3N1. The van der Waals surface area contributed by atoms with Crippen molar-refractivity contribution in [3.8, 4) is 0 Å². The molecule has 7 rings (SSSR count). The summed E-state index contributed by atoms with van der Waals surface area (Å²) in [5.41, 5.74) is 3.49. The topological polar surface area (TPSA) is 64.2 Å². The van der Waals surface area contributed by atoms with Gasteiger partial charge in [0.2, 0.25) is 0 Å². The van der Waals surface area contributed by atoms with Gasteiger partial charge in [-0.2, -0.15) is 0 Å². The molecule has 3 N–H and O–H groups in total. The quantitative estimate of drug-likeness (QED) is 0.241. The highest BCUT2D eigenvalue weighted by atomic mass is 16.3. The van der Waals surface area contributed by atoms with E-state index in [0.29, 0.717) is 12.3 Å². The summed E-state index contributed by atoms with van der Waals surface area (Å²) in [4.78, 5) is 11.5. The Morgan fingerprint density at radius 2 is 2.00 bits per heavy atom. The predicted molar refractivity (Wildman–Crippen MR) is 168 cm³/mol. The number of allylic oxidation sites excluding steroid dienone is 4. The van der Waals surface area contributed by atoms with Gasteiger partial charge in [0.25, 0.3) is 0 Å². The zero-order valence-corrected chi connectivity index (χ0v) is 24.2. The molecule has 3 aromatic rings. The van der Waals surface area contributed by atoms with Crippen molar-refractivity contribution in [2.24, 2.45) is 11.3 Å². The molecule has 6 atom stereocenters. The Balaban J connectivity index is 1.37. The van der Waals surface area contributed by atoms with Gasteiger partial charge < -0.3 is 20.3 Å². The third-order valence-corrected chi connectivity index (χ3v) is 10.4. The Morgan fingerprint density at radius 3 is 2.93 bits per heavy atom. The van der Waals surface area contributed by atoms with Gasteiger partial charge in [0.05, 0.1) is 16.8 Å². The number of benzene rings is 1. The first kappa shape index (κ1) is 27.1. The monoisotopic (exact) mass is 548 g/mol. The standard InChI is InChI=1S/C36H44N4O/c1-2-3-4-9-14-26-23-35-25-40-21-13-8-6-5-7-12-19-36(41,34(35)38-26)24-29(30(35)18-22-40)32-33-28(17-20-37-32)27-15-10-11-16-31(27)39-33/h1,5,7,9-11,14-17,20,24,26,30,34,38-39,41H,2-4,6,8,12-13,18-19,21-23,25H2/b7-5-,14-9-/t26?,30-,34+,35-,36-/m0/s1. The van der Waals surface area contributed by atoms with E-state index < -0.39 is 5.60 Å². The first-order valence-corrected chi connectivity index (χ1v) is 15.9. The van der Waals surface area contributed by atoms with Gasteiger partial charge in [-0.1, -0.05) is 42.5 Å². The first-order valence-electron chi connectivity index (χ1n) is 15.9. The molecular weight excluding hydrogens is 504 g/mol. The summed E-state index contributed by atoms with van der Waals surface area (Å²) in [6.45, 7) is 9.04. The Labute approximate surface area is 244 Å². The van der Waals surface area contributed by atoms with Crippen LogP contribution in [0.3, 0.4) is 0 Å². The van der Waals surface area contributed by atoms with E-state index >= 15 is 0 Å². The van der Waals surface area contributed by atoms with Crippen LogP contribution in [0.2, 0.25) is 0 Å². The van der Waals surface area contributed by atoms with Crippen molar-refractivity contribution in [1.82, 2.24) is 20.2 Å². The molecule has 0 saturated carbocycles. The lowest BCUT2D eigenvalue weighted by Gasteiger charge is -2.56. The van der Waals surface area contributed by atoms with E-state index in [9.17, 15) is 5.11 Å². The molecule has 1 spiro atoms. The zero-order chi connectivity index (χ0) is 27.9. The number of hydrogen-bond donors (Lipinski definition) is 3. The molecule has 2 aromatic heterocycles. The molecule has 2 fully saturated rings. The maximum Gasteiger partial charge on any atom is 0.0995 e. The molecule has 2 unspecified atom stereocenters. The number of nitrogens with zero attached hydrogens (tertiary/aromatic N) is 2. The van der Waals surface area contributed by atoms with Crippen molar-refractivity contribution >= 4 is 27.4 Å². The summed E-state index contributed by atoms with van der Waals surface area (Å²) in [5.74, 6) is 0.337. The smallest absolute Gasteiger partial charge is 0.0995 e. The largest absolute Gasteiger partial charge is 0.384 e.